The minimum Gasteiger partial charge on any atom is -0.409 e. The summed E-state index contributed by atoms with van der Waals surface area (Å²) in [6, 6.07) is 1.62. The molecule has 0 amide bonds. The molecule has 1 fully saturated rings. The van der Waals surface area contributed by atoms with Crippen LogP contribution in [0.2, 0.25) is 5.02 Å². The van der Waals surface area contributed by atoms with Crippen molar-refractivity contribution in [1.82, 2.24) is 4.98 Å². The number of nitrogens with two attached hydrogens (primary N) is 1. The minimum absolute atomic E-state index is 0.0232. The predicted octanol–water partition coefficient (Wildman–Crippen LogP) is 1.05. The number of nitrogens with zero attached hydrogens (tertiary/aromatic N) is 3. The molecular weight excluding hydrogens is 256 g/mol. The van der Waals surface area contributed by atoms with Gasteiger partial charge in [0.15, 0.2) is 5.84 Å². The summed E-state index contributed by atoms with van der Waals surface area (Å²) >= 11 is 6.25. The molecule has 98 valence electrons. The Morgan fingerprint density at radius 3 is 3.17 bits per heavy atom. The van der Waals surface area contributed by atoms with Gasteiger partial charge in [0, 0.05) is 24.8 Å². The maximum atomic E-state index is 8.71. The fourth-order valence-corrected chi connectivity index (χ4v) is 2.24. The standard InChI is InChI=1S/C11H15ClN4O2/c1-7-6-16(4-5-18-7)11-9(12)8(2-3-14-11)10(13)15-17/h2-3,7,17H,4-6H2,1H3,(H2,13,15). The highest BCUT2D eigenvalue weighted by Gasteiger charge is 2.22. The van der Waals surface area contributed by atoms with Crippen LogP contribution in [0.25, 0.3) is 0 Å². The van der Waals surface area contributed by atoms with Crippen molar-refractivity contribution < 1.29 is 9.94 Å². The van der Waals surface area contributed by atoms with Crippen molar-refractivity contribution in [3.05, 3.63) is 22.8 Å². The average molecular weight is 271 g/mol. The molecule has 1 unspecified atom stereocenters. The Morgan fingerprint density at radius 2 is 2.50 bits per heavy atom. The van der Waals surface area contributed by atoms with Crippen molar-refractivity contribution in [1.29, 1.82) is 0 Å². The average Bonchev–Trinajstić information content (AvgIpc) is 2.38. The number of morpholine rings is 1. The molecule has 18 heavy (non-hydrogen) atoms. The second-order valence-corrected chi connectivity index (χ2v) is 4.49. The molecule has 1 aromatic heterocycles. The van der Waals surface area contributed by atoms with Crippen LogP contribution < -0.4 is 10.6 Å². The normalized spacial score (nSPS) is 21.1. The summed E-state index contributed by atoms with van der Waals surface area (Å²) in [5.41, 5.74) is 6.04. The summed E-state index contributed by atoms with van der Waals surface area (Å²) in [5.74, 6) is 0.612. The number of rotatable bonds is 2. The van der Waals surface area contributed by atoms with Crippen LogP contribution in [0.5, 0.6) is 0 Å². The van der Waals surface area contributed by atoms with E-state index in [1.54, 1.807) is 12.3 Å². The first-order valence-electron chi connectivity index (χ1n) is 5.62. The first-order valence-corrected chi connectivity index (χ1v) is 6.00. The summed E-state index contributed by atoms with van der Waals surface area (Å²) in [4.78, 5) is 6.29. The van der Waals surface area contributed by atoms with Crippen molar-refractivity contribution in [2.75, 3.05) is 24.6 Å². The van der Waals surface area contributed by atoms with E-state index in [0.29, 0.717) is 29.6 Å². The molecule has 1 saturated heterocycles. The van der Waals surface area contributed by atoms with Gasteiger partial charge in [-0.3, -0.25) is 0 Å². The topological polar surface area (TPSA) is 84.0 Å². The summed E-state index contributed by atoms with van der Waals surface area (Å²) in [5, 5.41) is 12.1. The summed E-state index contributed by atoms with van der Waals surface area (Å²) in [6.07, 6.45) is 1.72. The van der Waals surface area contributed by atoms with Gasteiger partial charge in [0.2, 0.25) is 0 Å². The summed E-state index contributed by atoms with van der Waals surface area (Å²) < 4.78 is 5.47. The molecule has 1 aliphatic heterocycles. The van der Waals surface area contributed by atoms with Crippen LogP contribution in [0, 0.1) is 0 Å². The van der Waals surface area contributed by atoms with E-state index in [9.17, 15) is 0 Å². The molecule has 0 spiro atoms. The zero-order valence-corrected chi connectivity index (χ0v) is 10.8. The molecule has 6 nitrogen and oxygen atoms in total. The molecule has 2 rings (SSSR count). The van der Waals surface area contributed by atoms with Gasteiger partial charge in [-0.05, 0) is 13.0 Å². The van der Waals surface area contributed by atoms with Crippen LogP contribution in [0.15, 0.2) is 17.4 Å². The molecule has 7 heteroatoms. The smallest absolute Gasteiger partial charge is 0.171 e. The van der Waals surface area contributed by atoms with Crippen molar-refractivity contribution in [2.24, 2.45) is 10.9 Å². The molecule has 0 radical (unpaired) electrons. The maximum Gasteiger partial charge on any atom is 0.171 e. The van der Waals surface area contributed by atoms with E-state index >= 15 is 0 Å². The number of halogens is 1. The lowest BCUT2D eigenvalue weighted by Crippen LogP contribution is -2.41. The third-order valence-electron chi connectivity index (χ3n) is 2.80. The second kappa shape index (κ2) is 5.41. The molecule has 1 aromatic rings. The van der Waals surface area contributed by atoms with Gasteiger partial charge in [-0.25, -0.2) is 4.98 Å². The van der Waals surface area contributed by atoms with E-state index < -0.39 is 0 Å². The molecule has 1 atom stereocenters. The van der Waals surface area contributed by atoms with Crippen molar-refractivity contribution >= 4 is 23.3 Å². The highest BCUT2D eigenvalue weighted by atomic mass is 35.5. The Balaban J connectivity index is 2.33. The van der Waals surface area contributed by atoms with E-state index in [-0.39, 0.29) is 11.9 Å². The lowest BCUT2D eigenvalue weighted by molar-refractivity contribution is 0.0529. The first kappa shape index (κ1) is 12.9. The lowest BCUT2D eigenvalue weighted by Gasteiger charge is -2.32. The number of pyridine rings is 1. The number of aromatic nitrogens is 1. The molecular formula is C11H15ClN4O2. The zero-order valence-electron chi connectivity index (χ0n) is 10.0. The van der Waals surface area contributed by atoms with Crippen LogP contribution in [-0.2, 0) is 4.74 Å². The van der Waals surface area contributed by atoms with Crippen molar-refractivity contribution in [3.8, 4) is 0 Å². The van der Waals surface area contributed by atoms with Gasteiger partial charge in [0.05, 0.1) is 17.7 Å². The van der Waals surface area contributed by atoms with Gasteiger partial charge in [-0.1, -0.05) is 16.8 Å². The highest BCUT2D eigenvalue weighted by molar-refractivity contribution is 6.36. The Kier molecular flexibility index (Phi) is 3.88. The molecule has 0 aliphatic carbocycles. The minimum atomic E-state index is -0.0232. The Hall–Kier alpha value is -1.53. The fraction of sp³-hybridized carbons (Fsp3) is 0.455. The van der Waals surface area contributed by atoms with Crippen LogP contribution in [0.1, 0.15) is 12.5 Å². The Bertz CT molecular complexity index is 466. The quantitative estimate of drug-likeness (QED) is 0.363. The van der Waals surface area contributed by atoms with Crippen molar-refractivity contribution in [2.45, 2.75) is 13.0 Å². The first-order chi connectivity index (χ1) is 8.63. The molecule has 0 saturated carbocycles. The van der Waals surface area contributed by atoms with Crippen LogP contribution in [0.4, 0.5) is 5.82 Å². The monoisotopic (exact) mass is 270 g/mol. The van der Waals surface area contributed by atoms with Gasteiger partial charge >= 0.3 is 0 Å². The van der Waals surface area contributed by atoms with Crippen LogP contribution >= 0.6 is 11.6 Å². The third-order valence-corrected chi connectivity index (χ3v) is 3.17. The predicted molar refractivity (Wildman–Crippen MR) is 69.4 cm³/mol. The number of anilines is 1. The summed E-state index contributed by atoms with van der Waals surface area (Å²) in [7, 11) is 0. The van der Waals surface area contributed by atoms with Gasteiger partial charge < -0.3 is 20.6 Å². The van der Waals surface area contributed by atoms with Crippen LogP contribution in [-0.4, -0.2) is 41.8 Å². The Labute approximate surface area is 110 Å². The van der Waals surface area contributed by atoms with Gasteiger partial charge in [-0.2, -0.15) is 0 Å². The molecule has 2 heterocycles. The fourth-order valence-electron chi connectivity index (χ4n) is 1.92. The van der Waals surface area contributed by atoms with E-state index in [0.717, 1.165) is 6.54 Å². The van der Waals surface area contributed by atoms with Gasteiger partial charge in [0.25, 0.3) is 0 Å². The number of amidine groups is 1. The number of hydrogen-bond acceptors (Lipinski definition) is 5. The van der Waals surface area contributed by atoms with Gasteiger partial charge in [-0.15, -0.1) is 0 Å². The largest absolute Gasteiger partial charge is 0.409 e. The number of hydrogen-bond donors (Lipinski definition) is 2. The molecule has 0 bridgehead atoms. The van der Waals surface area contributed by atoms with Gasteiger partial charge in [0.1, 0.15) is 5.82 Å². The molecule has 0 aromatic carbocycles. The Morgan fingerprint density at radius 1 is 1.72 bits per heavy atom. The number of oxime groups is 1. The lowest BCUT2D eigenvalue weighted by atomic mass is 10.2. The van der Waals surface area contributed by atoms with E-state index in [1.807, 2.05) is 11.8 Å². The third kappa shape index (κ3) is 2.49. The van der Waals surface area contributed by atoms with E-state index in [4.69, 9.17) is 27.3 Å². The van der Waals surface area contributed by atoms with E-state index in [1.165, 1.54) is 0 Å². The highest BCUT2D eigenvalue weighted by Crippen LogP contribution is 2.28. The molecule has 3 N–H and O–H groups in total. The summed E-state index contributed by atoms with van der Waals surface area (Å²) in [6.45, 7) is 4.06. The zero-order chi connectivity index (χ0) is 13.1. The molecule has 1 aliphatic rings. The SMILES string of the molecule is CC1CN(c2nccc(/C(N)=N/O)c2Cl)CCO1. The van der Waals surface area contributed by atoms with Crippen LogP contribution in [0.3, 0.4) is 0 Å². The van der Waals surface area contributed by atoms with E-state index in [2.05, 4.69) is 10.1 Å². The van der Waals surface area contributed by atoms with Crippen molar-refractivity contribution in [3.63, 3.8) is 0 Å². The maximum absolute atomic E-state index is 8.71. The second-order valence-electron chi connectivity index (χ2n) is 4.11. The number of ether oxygens (including phenoxy) is 1.